The minimum atomic E-state index is -4.63. The number of ether oxygens (including phenoxy) is 2. The molecular formula is C30H41F3N4O6Si2. The Balaban J connectivity index is 1.62. The predicted molar refractivity (Wildman–Crippen MR) is 164 cm³/mol. The molecule has 1 aromatic carbocycles. The molecule has 0 saturated carbocycles. The minimum absolute atomic E-state index is 0.0232. The Morgan fingerprint density at radius 3 is 2.29 bits per heavy atom. The van der Waals surface area contributed by atoms with Crippen molar-refractivity contribution in [1.82, 2.24) is 19.5 Å². The summed E-state index contributed by atoms with van der Waals surface area (Å²) in [4.78, 5) is 26.4. The molecule has 3 aromatic rings. The van der Waals surface area contributed by atoms with Gasteiger partial charge < -0.3 is 22.4 Å². The van der Waals surface area contributed by atoms with Crippen LogP contribution in [0.1, 0.15) is 77.5 Å². The van der Waals surface area contributed by atoms with E-state index in [1.165, 1.54) is 24.8 Å². The molecule has 2 aliphatic rings. The van der Waals surface area contributed by atoms with Gasteiger partial charge in [0.05, 0.1) is 30.3 Å². The lowest BCUT2D eigenvalue weighted by Gasteiger charge is -2.51. The molecule has 0 spiro atoms. The second kappa shape index (κ2) is 12.5. The van der Waals surface area contributed by atoms with Crippen molar-refractivity contribution in [3.63, 3.8) is 0 Å². The predicted octanol–water partition coefficient (Wildman–Crippen LogP) is 6.92. The summed E-state index contributed by atoms with van der Waals surface area (Å²) in [5.41, 5.74) is -0.115. The van der Waals surface area contributed by atoms with Crippen molar-refractivity contribution in [1.29, 1.82) is 0 Å². The fourth-order valence-electron chi connectivity index (χ4n) is 6.46. The molecule has 2 saturated heterocycles. The van der Waals surface area contributed by atoms with Crippen LogP contribution in [0, 0.1) is 0 Å². The molecule has 0 radical (unpaired) electrons. The molecule has 0 unspecified atom stereocenters. The quantitative estimate of drug-likeness (QED) is 0.196. The molecule has 2 fully saturated rings. The monoisotopic (exact) mass is 666 g/mol. The number of carbonyl (C=O) groups is 1. The summed E-state index contributed by atoms with van der Waals surface area (Å²) in [5.74, 6) is -0.943. The summed E-state index contributed by atoms with van der Waals surface area (Å²) in [5, 5.41) is 0. The second-order valence-electron chi connectivity index (χ2n) is 13.0. The average molecular weight is 667 g/mol. The molecule has 0 aliphatic carbocycles. The Morgan fingerprint density at radius 2 is 1.67 bits per heavy atom. The maximum Gasteiger partial charge on any atom is 0.416 e. The number of aromatic nitrogens is 4. The van der Waals surface area contributed by atoms with Crippen LogP contribution in [0.4, 0.5) is 13.2 Å². The number of nitrogens with zero attached hydrogens (tertiary/aromatic N) is 4. The Kier molecular flexibility index (Phi) is 9.34. The summed E-state index contributed by atoms with van der Waals surface area (Å²) in [6.07, 6.45) is -3.81. The Morgan fingerprint density at radius 1 is 1.00 bits per heavy atom. The van der Waals surface area contributed by atoms with Gasteiger partial charge in [-0.25, -0.2) is 19.7 Å². The van der Waals surface area contributed by atoms with E-state index in [0.717, 1.165) is 12.1 Å². The largest absolute Gasteiger partial charge is 0.451 e. The molecular weight excluding hydrogens is 626 g/mol. The van der Waals surface area contributed by atoms with Crippen LogP contribution >= 0.6 is 0 Å². The SMILES string of the molecule is CC(C)[Si]1(C(C)C)OC[C@H]2O[C@@H](n3cnc4cncnc43)[C@H](OC(=O)c3cccc(C(F)(F)F)c3)[C@@H]2O[Si](C(C)C)(C(C)C)O1. The normalized spacial score (nSPS) is 25.1. The number of benzene rings is 1. The van der Waals surface area contributed by atoms with Crippen LogP contribution in [-0.4, -0.2) is 67.5 Å². The number of imidazole rings is 1. The van der Waals surface area contributed by atoms with Gasteiger partial charge >= 0.3 is 29.3 Å². The molecule has 246 valence electrons. The van der Waals surface area contributed by atoms with E-state index in [-0.39, 0.29) is 34.3 Å². The van der Waals surface area contributed by atoms with E-state index in [0.29, 0.717) is 11.2 Å². The highest BCUT2D eigenvalue weighted by molar-refractivity contribution is 6.84. The summed E-state index contributed by atoms with van der Waals surface area (Å²) in [7, 11) is -6.08. The zero-order valence-electron chi connectivity index (χ0n) is 26.7. The van der Waals surface area contributed by atoms with Gasteiger partial charge in [-0.05, 0) is 40.4 Å². The lowest BCUT2D eigenvalue weighted by atomic mass is 10.1. The first-order valence-corrected chi connectivity index (χ1v) is 19.2. The van der Waals surface area contributed by atoms with Gasteiger partial charge in [0, 0.05) is 0 Å². The van der Waals surface area contributed by atoms with Crippen LogP contribution in [-0.2, 0) is 28.6 Å². The summed E-state index contributed by atoms with van der Waals surface area (Å²) in [6, 6.07) is 4.15. The van der Waals surface area contributed by atoms with Crippen molar-refractivity contribution in [2.45, 2.75) is 108 Å². The highest BCUT2D eigenvalue weighted by Gasteiger charge is 2.62. The summed E-state index contributed by atoms with van der Waals surface area (Å²) in [6.45, 7) is 16.8. The van der Waals surface area contributed by atoms with E-state index >= 15 is 0 Å². The van der Waals surface area contributed by atoms with Crippen LogP contribution in [0.15, 0.2) is 43.1 Å². The van der Waals surface area contributed by atoms with Gasteiger partial charge in [0.25, 0.3) is 0 Å². The van der Waals surface area contributed by atoms with E-state index in [1.54, 1.807) is 10.8 Å². The molecule has 2 aliphatic heterocycles. The first-order chi connectivity index (χ1) is 21.1. The Bertz CT molecular complexity index is 1500. The Hall–Kier alpha value is -2.70. The van der Waals surface area contributed by atoms with Crippen LogP contribution in [0.3, 0.4) is 0 Å². The van der Waals surface area contributed by atoms with Gasteiger partial charge in [-0.2, -0.15) is 13.2 Å². The molecule has 0 amide bonds. The molecule has 4 atom stereocenters. The van der Waals surface area contributed by atoms with Crippen LogP contribution in [0.25, 0.3) is 11.2 Å². The second-order valence-corrected chi connectivity index (χ2v) is 21.8. The van der Waals surface area contributed by atoms with Crippen LogP contribution in [0.5, 0.6) is 0 Å². The van der Waals surface area contributed by atoms with Gasteiger partial charge in [-0.3, -0.25) is 4.57 Å². The van der Waals surface area contributed by atoms with Crippen molar-refractivity contribution in [3.05, 3.63) is 54.2 Å². The van der Waals surface area contributed by atoms with Crippen LogP contribution in [0.2, 0.25) is 22.2 Å². The van der Waals surface area contributed by atoms with E-state index < -0.39 is 59.4 Å². The van der Waals surface area contributed by atoms with E-state index in [4.69, 9.17) is 22.4 Å². The lowest BCUT2D eigenvalue weighted by Crippen LogP contribution is -2.66. The standard InChI is InChI=1S/C30H41F3N4O6Si2/c1-17(2)44(18(3)4)39-14-24-25(42-45(43-44,19(5)6)20(7)8)26(28(40-24)37-16-36-23-13-34-15-35-27(23)37)41-29(38)21-10-9-11-22(12-21)30(31,32)33/h9-13,15-20,24-26,28H,14H2,1-8H3/t24-,25-,26-,28-/m1/s1. The zero-order valence-corrected chi connectivity index (χ0v) is 28.7. The summed E-state index contributed by atoms with van der Waals surface area (Å²) >= 11 is 0. The van der Waals surface area contributed by atoms with Gasteiger partial charge in [0.1, 0.15) is 24.1 Å². The lowest BCUT2D eigenvalue weighted by molar-refractivity contribution is -0.137. The molecule has 4 heterocycles. The highest BCUT2D eigenvalue weighted by atomic mass is 28.5. The molecule has 10 nitrogen and oxygen atoms in total. The van der Waals surface area contributed by atoms with Crippen molar-refractivity contribution >= 4 is 34.3 Å². The van der Waals surface area contributed by atoms with Gasteiger partial charge in [-0.1, -0.05) is 61.5 Å². The number of halogens is 3. The third-order valence-corrected chi connectivity index (χ3v) is 19.0. The number of rotatable bonds is 7. The van der Waals surface area contributed by atoms with E-state index in [1.807, 2.05) is 0 Å². The van der Waals surface area contributed by atoms with Crippen molar-refractivity contribution < 1.29 is 40.4 Å². The zero-order chi connectivity index (χ0) is 32.9. The fourth-order valence-corrected chi connectivity index (χ4v) is 17.7. The van der Waals surface area contributed by atoms with Gasteiger partial charge in [0.15, 0.2) is 18.0 Å². The Labute approximate surface area is 263 Å². The molecule has 45 heavy (non-hydrogen) atoms. The van der Waals surface area contributed by atoms with Gasteiger partial charge in [0.2, 0.25) is 0 Å². The number of hydrogen-bond acceptors (Lipinski definition) is 9. The maximum atomic E-state index is 13.6. The number of alkyl halides is 3. The van der Waals surface area contributed by atoms with Crippen molar-refractivity contribution in [2.24, 2.45) is 0 Å². The fraction of sp³-hybridized carbons (Fsp3) is 0.600. The first-order valence-electron chi connectivity index (χ1n) is 15.3. The molecule has 0 bridgehead atoms. The number of carbonyl (C=O) groups excluding carboxylic acids is 1. The molecule has 0 N–H and O–H groups in total. The van der Waals surface area contributed by atoms with Crippen LogP contribution < -0.4 is 0 Å². The number of esters is 1. The van der Waals surface area contributed by atoms with Gasteiger partial charge in [-0.15, -0.1) is 0 Å². The highest BCUT2D eigenvalue weighted by Crippen LogP contribution is 2.49. The first kappa shape index (κ1) is 33.7. The molecule has 15 heteroatoms. The topological polar surface area (TPSA) is 107 Å². The number of fused-ring (bicyclic) bond motifs is 2. The molecule has 2 aromatic heterocycles. The number of hydrogen-bond donors (Lipinski definition) is 0. The maximum absolute atomic E-state index is 13.6. The third-order valence-electron chi connectivity index (χ3n) is 8.80. The minimum Gasteiger partial charge on any atom is -0.451 e. The van der Waals surface area contributed by atoms with E-state index in [9.17, 15) is 18.0 Å². The van der Waals surface area contributed by atoms with Crippen molar-refractivity contribution in [3.8, 4) is 0 Å². The third kappa shape index (κ3) is 6.10. The van der Waals surface area contributed by atoms with E-state index in [2.05, 4.69) is 70.3 Å². The smallest absolute Gasteiger partial charge is 0.416 e. The average Bonchev–Trinajstić information content (AvgIpc) is 3.53. The summed E-state index contributed by atoms with van der Waals surface area (Å²) < 4.78 is 76.2. The van der Waals surface area contributed by atoms with Crippen molar-refractivity contribution in [2.75, 3.05) is 6.61 Å². The molecule has 5 rings (SSSR count).